The lowest BCUT2D eigenvalue weighted by Gasteiger charge is -2.11. The van der Waals surface area contributed by atoms with E-state index in [4.69, 9.17) is 0 Å². The molecule has 1 heterocycles. The summed E-state index contributed by atoms with van der Waals surface area (Å²) in [6.07, 6.45) is 4.59. The van der Waals surface area contributed by atoms with Crippen LogP contribution in [0, 0.1) is 12.8 Å². The van der Waals surface area contributed by atoms with Crippen molar-refractivity contribution in [3.8, 4) is 0 Å². The fourth-order valence-electron chi connectivity index (χ4n) is 3.13. The average molecular weight is 320 g/mol. The summed E-state index contributed by atoms with van der Waals surface area (Å²) in [7, 11) is 0. The number of hydrogen-bond acceptors (Lipinski definition) is 1. The first-order valence-electron chi connectivity index (χ1n) is 6.94. The zero-order valence-corrected chi connectivity index (χ0v) is 12.7. The molecule has 19 heavy (non-hydrogen) atoms. The first kappa shape index (κ1) is 12.9. The molecular weight excluding hydrogens is 302 g/mol. The van der Waals surface area contributed by atoms with Crippen LogP contribution >= 0.6 is 15.9 Å². The highest BCUT2D eigenvalue weighted by atomic mass is 79.9. The Labute approximate surface area is 121 Å². The second-order valence-electron chi connectivity index (χ2n) is 5.45. The third kappa shape index (κ3) is 2.25. The van der Waals surface area contributed by atoms with Gasteiger partial charge in [-0.1, -0.05) is 31.0 Å². The lowest BCUT2D eigenvalue weighted by Crippen LogP contribution is -2.18. The van der Waals surface area contributed by atoms with Crippen molar-refractivity contribution in [2.45, 2.75) is 39.2 Å². The first-order chi connectivity index (χ1) is 9.18. The monoisotopic (exact) mass is 319 g/mol. The normalized spacial score (nSPS) is 16.3. The van der Waals surface area contributed by atoms with Gasteiger partial charge in [0.05, 0.1) is 6.54 Å². The average Bonchev–Trinajstić information content (AvgIpc) is 3.03. The standard InChI is InChI=1S/C16H18BrNO/c1-11-16(17)13-8-4-5-9-14(13)18(11)10-15(19)12-6-2-3-7-12/h4-5,8-9,12H,2-3,6-7,10H2,1H3. The Morgan fingerprint density at radius 2 is 2.00 bits per heavy atom. The van der Waals surface area contributed by atoms with E-state index in [9.17, 15) is 4.79 Å². The molecule has 0 N–H and O–H groups in total. The van der Waals surface area contributed by atoms with Crippen molar-refractivity contribution in [2.75, 3.05) is 0 Å². The van der Waals surface area contributed by atoms with E-state index < -0.39 is 0 Å². The Morgan fingerprint density at radius 3 is 2.74 bits per heavy atom. The summed E-state index contributed by atoms with van der Waals surface area (Å²) in [4.78, 5) is 12.4. The summed E-state index contributed by atoms with van der Waals surface area (Å²) in [5.74, 6) is 0.688. The van der Waals surface area contributed by atoms with Gasteiger partial charge in [0.1, 0.15) is 0 Å². The van der Waals surface area contributed by atoms with Crippen LogP contribution in [0.1, 0.15) is 31.4 Å². The van der Waals surface area contributed by atoms with Gasteiger partial charge in [0.15, 0.2) is 5.78 Å². The summed E-state index contributed by atoms with van der Waals surface area (Å²) < 4.78 is 3.27. The molecule has 100 valence electrons. The van der Waals surface area contributed by atoms with E-state index >= 15 is 0 Å². The predicted octanol–water partition coefficient (Wildman–Crippen LogP) is 4.47. The van der Waals surface area contributed by atoms with E-state index in [0.717, 1.165) is 28.5 Å². The molecule has 0 aliphatic heterocycles. The predicted molar refractivity (Wildman–Crippen MR) is 81.3 cm³/mol. The van der Waals surface area contributed by atoms with Gasteiger partial charge in [-0.3, -0.25) is 4.79 Å². The van der Waals surface area contributed by atoms with E-state index in [2.05, 4.69) is 39.6 Å². The van der Waals surface area contributed by atoms with E-state index in [1.54, 1.807) is 0 Å². The van der Waals surface area contributed by atoms with Crippen LogP contribution in [0.15, 0.2) is 28.7 Å². The molecule has 1 aromatic heterocycles. The molecule has 1 saturated carbocycles. The van der Waals surface area contributed by atoms with Gasteiger partial charge in [-0.2, -0.15) is 0 Å². The Hall–Kier alpha value is -1.09. The van der Waals surface area contributed by atoms with Gasteiger partial charge in [0.2, 0.25) is 0 Å². The van der Waals surface area contributed by atoms with Crippen molar-refractivity contribution in [3.05, 3.63) is 34.4 Å². The van der Waals surface area contributed by atoms with Crippen LogP contribution in [0.3, 0.4) is 0 Å². The minimum atomic E-state index is 0.291. The molecular formula is C16H18BrNO. The van der Waals surface area contributed by atoms with Gasteiger partial charge in [-0.05, 0) is 41.8 Å². The number of para-hydroxylation sites is 1. The Morgan fingerprint density at radius 1 is 1.32 bits per heavy atom. The minimum absolute atomic E-state index is 0.291. The molecule has 1 aliphatic rings. The zero-order valence-electron chi connectivity index (χ0n) is 11.2. The van der Waals surface area contributed by atoms with Crippen molar-refractivity contribution < 1.29 is 4.79 Å². The molecule has 1 fully saturated rings. The fourth-order valence-corrected chi connectivity index (χ4v) is 3.67. The number of benzene rings is 1. The van der Waals surface area contributed by atoms with Crippen LogP contribution in [0.2, 0.25) is 0 Å². The largest absolute Gasteiger partial charge is 0.336 e. The van der Waals surface area contributed by atoms with Crippen molar-refractivity contribution in [3.63, 3.8) is 0 Å². The summed E-state index contributed by atoms with van der Waals surface area (Å²) >= 11 is 3.64. The SMILES string of the molecule is Cc1c(Br)c2ccccc2n1CC(=O)C1CCCC1. The van der Waals surface area contributed by atoms with Crippen LogP contribution < -0.4 is 0 Å². The molecule has 0 bridgehead atoms. The molecule has 0 amide bonds. The van der Waals surface area contributed by atoms with Crippen molar-refractivity contribution >= 4 is 32.6 Å². The van der Waals surface area contributed by atoms with E-state index in [1.165, 1.54) is 18.2 Å². The molecule has 0 unspecified atom stereocenters. The molecule has 0 radical (unpaired) electrons. The van der Waals surface area contributed by atoms with Crippen LogP contribution in [0.5, 0.6) is 0 Å². The van der Waals surface area contributed by atoms with Crippen LogP contribution in [0.4, 0.5) is 0 Å². The molecule has 2 aromatic rings. The molecule has 2 nitrogen and oxygen atoms in total. The maximum atomic E-state index is 12.4. The second-order valence-corrected chi connectivity index (χ2v) is 6.24. The lowest BCUT2D eigenvalue weighted by atomic mass is 10.0. The number of fused-ring (bicyclic) bond motifs is 1. The van der Waals surface area contributed by atoms with Gasteiger partial charge in [0, 0.05) is 27.0 Å². The number of nitrogens with zero attached hydrogens (tertiary/aromatic N) is 1. The van der Waals surface area contributed by atoms with Crippen molar-refractivity contribution in [2.24, 2.45) is 5.92 Å². The second kappa shape index (κ2) is 5.12. The van der Waals surface area contributed by atoms with Gasteiger partial charge >= 0.3 is 0 Å². The molecule has 3 heteroatoms. The number of ketones is 1. The zero-order chi connectivity index (χ0) is 13.4. The van der Waals surface area contributed by atoms with Crippen molar-refractivity contribution in [1.82, 2.24) is 4.57 Å². The highest BCUT2D eigenvalue weighted by Crippen LogP contribution is 2.32. The maximum Gasteiger partial charge on any atom is 0.155 e. The van der Waals surface area contributed by atoms with Crippen LogP contribution in [-0.4, -0.2) is 10.4 Å². The van der Waals surface area contributed by atoms with Crippen LogP contribution in [-0.2, 0) is 11.3 Å². The van der Waals surface area contributed by atoms with E-state index in [1.807, 2.05) is 12.1 Å². The third-order valence-corrected chi connectivity index (χ3v) is 5.28. The summed E-state index contributed by atoms with van der Waals surface area (Å²) in [6, 6.07) is 8.26. The fraction of sp³-hybridized carbons (Fsp3) is 0.438. The molecule has 0 atom stereocenters. The molecule has 1 aliphatic carbocycles. The number of aromatic nitrogens is 1. The number of rotatable bonds is 3. The molecule has 0 spiro atoms. The van der Waals surface area contributed by atoms with Gasteiger partial charge < -0.3 is 4.57 Å². The topological polar surface area (TPSA) is 22.0 Å². The summed E-state index contributed by atoms with van der Waals surface area (Å²) in [5.41, 5.74) is 2.30. The number of carbonyl (C=O) groups excluding carboxylic acids is 1. The van der Waals surface area contributed by atoms with Gasteiger partial charge in [-0.25, -0.2) is 0 Å². The van der Waals surface area contributed by atoms with Gasteiger partial charge in [-0.15, -0.1) is 0 Å². The van der Waals surface area contributed by atoms with E-state index in [0.29, 0.717) is 18.2 Å². The maximum absolute atomic E-state index is 12.4. The molecule has 0 saturated heterocycles. The molecule has 3 rings (SSSR count). The molecule has 1 aromatic carbocycles. The highest BCUT2D eigenvalue weighted by Gasteiger charge is 2.24. The number of hydrogen-bond donors (Lipinski definition) is 0. The lowest BCUT2D eigenvalue weighted by molar-refractivity contribution is -0.123. The van der Waals surface area contributed by atoms with E-state index in [-0.39, 0.29) is 0 Å². The Kier molecular flexibility index (Phi) is 3.48. The minimum Gasteiger partial charge on any atom is -0.336 e. The quantitative estimate of drug-likeness (QED) is 0.818. The third-order valence-electron chi connectivity index (χ3n) is 4.28. The number of halogens is 1. The smallest absolute Gasteiger partial charge is 0.155 e. The van der Waals surface area contributed by atoms with Gasteiger partial charge in [0.25, 0.3) is 0 Å². The Balaban J connectivity index is 1.96. The highest BCUT2D eigenvalue weighted by molar-refractivity contribution is 9.10. The number of Topliss-reactive ketones (excluding diaryl/α,β-unsaturated/α-hetero) is 1. The van der Waals surface area contributed by atoms with Crippen LogP contribution in [0.25, 0.3) is 10.9 Å². The Bertz CT molecular complexity index is 623. The first-order valence-corrected chi connectivity index (χ1v) is 7.74. The summed E-state index contributed by atoms with van der Waals surface area (Å²) in [6.45, 7) is 2.59. The number of carbonyl (C=O) groups is 1. The summed E-state index contributed by atoms with van der Waals surface area (Å²) in [5, 5.41) is 1.19. The van der Waals surface area contributed by atoms with Crippen molar-refractivity contribution in [1.29, 1.82) is 0 Å².